The van der Waals surface area contributed by atoms with Gasteiger partial charge in [0.25, 0.3) is 17.4 Å². The molecule has 0 atom stereocenters. The summed E-state index contributed by atoms with van der Waals surface area (Å²) in [5.41, 5.74) is 5.66. The van der Waals surface area contributed by atoms with Gasteiger partial charge < -0.3 is 4.57 Å². The van der Waals surface area contributed by atoms with E-state index in [2.05, 4.69) is 10.9 Å². The molecule has 6 nitrogen and oxygen atoms in total. The van der Waals surface area contributed by atoms with Crippen LogP contribution < -0.4 is 16.4 Å². The summed E-state index contributed by atoms with van der Waals surface area (Å²) in [7, 11) is 0. The summed E-state index contributed by atoms with van der Waals surface area (Å²) in [5, 5.41) is 0.865. The average molecular weight is 416 g/mol. The zero-order valence-corrected chi connectivity index (χ0v) is 16.0. The molecular weight excluding hydrogens is 401 g/mol. The van der Waals surface area contributed by atoms with Crippen molar-refractivity contribution in [2.24, 2.45) is 0 Å². The Morgan fingerprint density at radius 3 is 2.25 bits per heavy atom. The number of halogens is 2. The highest BCUT2D eigenvalue weighted by Gasteiger charge is 2.12. The van der Waals surface area contributed by atoms with Gasteiger partial charge in [0.2, 0.25) is 0 Å². The second-order valence-corrected chi connectivity index (χ2v) is 6.74. The lowest BCUT2D eigenvalue weighted by Gasteiger charge is -2.10. The number of hydrogen-bond acceptors (Lipinski definition) is 3. The Labute approximate surface area is 170 Å². The van der Waals surface area contributed by atoms with E-state index < -0.39 is 11.8 Å². The summed E-state index contributed by atoms with van der Waals surface area (Å²) in [6, 6.07) is 16.2. The molecule has 1 aromatic heterocycles. The number of hydrazine groups is 1. The minimum absolute atomic E-state index is 0.216. The van der Waals surface area contributed by atoms with Crippen LogP contribution in [0.4, 0.5) is 0 Å². The van der Waals surface area contributed by atoms with Crippen LogP contribution in [-0.2, 0) is 6.54 Å². The first-order chi connectivity index (χ1) is 13.4. The molecule has 0 aliphatic carbocycles. The lowest BCUT2D eigenvalue weighted by atomic mass is 10.2. The van der Waals surface area contributed by atoms with Crippen molar-refractivity contribution in [2.75, 3.05) is 0 Å². The summed E-state index contributed by atoms with van der Waals surface area (Å²) in [4.78, 5) is 36.5. The predicted molar refractivity (Wildman–Crippen MR) is 108 cm³/mol. The fourth-order valence-corrected chi connectivity index (χ4v) is 2.82. The number of nitrogens with zero attached hydrogens (tertiary/aromatic N) is 1. The molecule has 3 aromatic rings. The van der Waals surface area contributed by atoms with Crippen molar-refractivity contribution in [1.82, 2.24) is 15.4 Å². The number of hydrogen-bond donors (Lipinski definition) is 2. The summed E-state index contributed by atoms with van der Waals surface area (Å²) in [6.07, 6.45) is 1.42. The molecule has 0 bridgehead atoms. The number of pyridine rings is 1. The molecule has 1 heterocycles. The molecule has 8 heteroatoms. The van der Waals surface area contributed by atoms with Gasteiger partial charge in [-0.2, -0.15) is 0 Å². The smallest absolute Gasteiger partial charge is 0.271 e. The van der Waals surface area contributed by atoms with Crippen molar-refractivity contribution in [3.63, 3.8) is 0 Å². The summed E-state index contributed by atoms with van der Waals surface area (Å²) < 4.78 is 1.40. The number of carbonyl (C=O) groups excluding carboxylic acids is 2. The fourth-order valence-electron chi connectivity index (χ4n) is 2.47. The summed E-state index contributed by atoms with van der Waals surface area (Å²) in [6.45, 7) is 0.281. The van der Waals surface area contributed by atoms with Crippen LogP contribution in [0.5, 0.6) is 0 Å². The van der Waals surface area contributed by atoms with E-state index in [0.717, 1.165) is 5.56 Å². The van der Waals surface area contributed by atoms with Gasteiger partial charge in [-0.05, 0) is 35.9 Å². The van der Waals surface area contributed by atoms with Gasteiger partial charge in [0.05, 0.1) is 22.7 Å². The van der Waals surface area contributed by atoms with E-state index in [-0.39, 0.29) is 28.3 Å². The first-order valence-corrected chi connectivity index (χ1v) is 9.00. The molecule has 0 aliphatic heterocycles. The number of carbonyl (C=O) groups is 2. The zero-order chi connectivity index (χ0) is 20.1. The second kappa shape index (κ2) is 8.73. The average Bonchev–Trinajstić information content (AvgIpc) is 2.69. The van der Waals surface area contributed by atoms with Crippen LogP contribution in [0.25, 0.3) is 0 Å². The van der Waals surface area contributed by atoms with Gasteiger partial charge in [-0.3, -0.25) is 25.2 Å². The Bertz CT molecular complexity index is 1080. The minimum atomic E-state index is -0.565. The van der Waals surface area contributed by atoms with Crippen molar-refractivity contribution in [3.05, 3.63) is 104 Å². The third-order valence-electron chi connectivity index (χ3n) is 3.92. The van der Waals surface area contributed by atoms with Crippen molar-refractivity contribution in [3.8, 4) is 0 Å². The Kier molecular flexibility index (Phi) is 6.13. The van der Waals surface area contributed by atoms with Gasteiger partial charge in [-0.25, -0.2) is 0 Å². The molecule has 0 saturated heterocycles. The van der Waals surface area contributed by atoms with Crippen LogP contribution in [0.1, 0.15) is 26.3 Å². The highest BCUT2D eigenvalue weighted by atomic mass is 35.5. The Morgan fingerprint density at radius 2 is 1.54 bits per heavy atom. The topological polar surface area (TPSA) is 80.2 Å². The Morgan fingerprint density at radius 1 is 0.857 bits per heavy atom. The third-order valence-corrected chi connectivity index (χ3v) is 4.50. The summed E-state index contributed by atoms with van der Waals surface area (Å²) >= 11 is 11.8. The number of rotatable bonds is 4. The molecule has 28 heavy (non-hydrogen) atoms. The van der Waals surface area contributed by atoms with Crippen molar-refractivity contribution >= 4 is 35.0 Å². The van der Waals surface area contributed by atoms with Crippen LogP contribution in [-0.4, -0.2) is 16.4 Å². The number of nitrogens with one attached hydrogen (secondary N) is 2. The Balaban J connectivity index is 1.70. The van der Waals surface area contributed by atoms with Crippen molar-refractivity contribution in [2.45, 2.75) is 6.54 Å². The molecule has 0 radical (unpaired) electrons. The van der Waals surface area contributed by atoms with Crippen molar-refractivity contribution in [1.29, 1.82) is 0 Å². The van der Waals surface area contributed by atoms with Gasteiger partial charge in [0.1, 0.15) is 0 Å². The number of benzene rings is 2. The highest BCUT2D eigenvalue weighted by molar-refractivity contribution is 6.33. The Hall–Kier alpha value is -3.09. The second-order valence-electron chi connectivity index (χ2n) is 5.90. The lowest BCUT2D eigenvalue weighted by Crippen LogP contribution is -2.42. The predicted octanol–water partition coefficient (Wildman–Crippen LogP) is 3.28. The van der Waals surface area contributed by atoms with E-state index in [4.69, 9.17) is 23.2 Å². The van der Waals surface area contributed by atoms with E-state index in [9.17, 15) is 14.4 Å². The maximum Gasteiger partial charge on any atom is 0.271 e. The van der Waals surface area contributed by atoms with Gasteiger partial charge >= 0.3 is 0 Å². The largest absolute Gasteiger partial charge is 0.310 e. The molecule has 0 fully saturated rings. The van der Waals surface area contributed by atoms with Gasteiger partial charge in [0, 0.05) is 17.3 Å². The zero-order valence-electron chi connectivity index (χ0n) is 14.5. The maximum absolute atomic E-state index is 12.3. The minimum Gasteiger partial charge on any atom is -0.310 e. The molecule has 142 valence electrons. The lowest BCUT2D eigenvalue weighted by molar-refractivity contribution is 0.0846. The molecule has 0 unspecified atom stereocenters. The molecule has 0 saturated carbocycles. The van der Waals surface area contributed by atoms with Crippen molar-refractivity contribution < 1.29 is 9.59 Å². The van der Waals surface area contributed by atoms with E-state index in [1.54, 1.807) is 42.5 Å². The standard InChI is InChI=1S/C20H15Cl2N3O3/c21-15-8-5-13(6-9-15)11-25-12-14(7-10-18(25)26)19(27)23-24-20(28)16-3-1-2-4-17(16)22/h1-10,12H,11H2,(H,23,27)(H,24,28). The van der Waals surface area contributed by atoms with Crippen LogP contribution in [0.3, 0.4) is 0 Å². The molecular formula is C20H15Cl2N3O3. The SMILES string of the molecule is O=C(NNC(=O)c1ccccc1Cl)c1ccc(=O)n(Cc2ccc(Cl)cc2)c1. The quantitative estimate of drug-likeness (QED) is 0.641. The highest BCUT2D eigenvalue weighted by Crippen LogP contribution is 2.14. The number of amides is 2. The van der Waals surface area contributed by atoms with Gasteiger partial charge in [-0.1, -0.05) is 47.5 Å². The van der Waals surface area contributed by atoms with E-state index in [1.807, 2.05) is 0 Å². The van der Waals surface area contributed by atoms with Crippen LogP contribution in [0, 0.1) is 0 Å². The first kappa shape index (κ1) is 19.7. The first-order valence-electron chi connectivity index (χ1n) is 8.24. The van der Waals surface area contributed by atoms with Crippen LogP contribution >= 0.6 is 23.2 Å². The normalized spacial score (nSPS) is 10.4. The molecule has 2 aromatic carbocycles. The fraction of sp³-hybridized carbons (Fsp3) is 0.0500. The molecule has 0 spiro atoms. The van der Waals surface area contributed by atoms with Gasteiger partial charge in [-0.15, -0.1) is 0 Å². The number of aromatic nitrogens is 1. The third kappa shape index (κ3) is 4.79. The van der Waals surface area contributed by atoms with E-state index in [1.165, 1.54) is 29.0 Å². The monoisotopic (exact) mass is 415 g/mol. The molecule has 0 aliphatic rings. The summed E-state index contributed by atoms with van der Waals surface area (Å²) in [5.74, 6) is -1.11. The maximum atomic E-state index is 12.3. The van der Waals surface area contributed by atoms with Crippen LogP contribution in [0.15, 0.2) is 71.7 Å². The van der Waals surface area contributed by atoms with Crippen LogP contribution in [0.2, 0.25) is 10.0 Å². The molecule has 2 N–H and O–H groups in total. The molecule has 2 amide bonds. The molecule has 3 rings (SSSR count). The van der Waals surface area contributed by atoms with E-state index in [0.29, 0.717) is 5.02 Å². The van der Waals surface area contributed by atoms with E-state index >= 15 is 0 Å². The van der Waals surface area contributed by atoms with Gasteiger partial charge in [0.15, 0.2) is 0 Å².